The van der Waals surface area contributed by atoms with Crippen LogP contribution in [0.5, 0.6) is 0 Å². The normalized spacial score (nSPS) is 12.0. The number of benzene rings is 3. The van der Waals surface area contributed by atoms with Crippen molar-refractivity contribution >= 4 is 62.3 Å². The van der Waals surface area contributed by atoms with Gasteiger partial charge in [-0.15, -0.1) is 0 Å². The van der Waals surface area contributed by atoms with Gasteiger partial charge in [-0.25, -0.2) is 8.42 Å². The molecular formula is C28H30Cl3N3O4S. The molecule has 0 heterocycles. The maximum absolute atomic E-state index is 13.9. The van der Waals surface area contributed by atoms with Gasteiger partial charge in [0.15, 0.2) is 0 Å². The van der Waals surface area contributed by atoms with Gasteiger partial charge in [0.25, 0.3) is 10.0 Å². The molecule has 7 nitrogen and oxygen atoms in total. The predicted octanol–water partition coefficient (Wildman–Crippen LogP) is 6.18. The largest absolute Gasteiger partial charge is 0.354 e. The van der Waals surface area contributed by atoms with Crippen LogP contribution in [0.3, 0.4) is 0 Å². The summed E-state index contributed by atoms with van der Waals surface area (Å²) in [5.41, 5.74) is 0.728. The van der Waals surface area contributed by atoms with Gasteiger partial charge in [-0.2, -0.15) is 0 Å². The molecule has 0 bridgehead atoms. The fraction of sp³-hybridized carbons (Fsp3) is 0.286. The molecule has 208 valence electrons. The van der Waals surface area contributed by atoms with Crippen molar-refractivity contribution in [2.75, 3.05) is 17.4 Å². The number of rotatable bonds is 12. The van der Waals surface area contributed by atoms with E-state index in [0.29, 0.717) is 17.1 Å². The summed E-state index contributed by atoms with van der Waals surface area (Å²) < 4.78 is 28.5. The Morgan fingerprint density at radius 1 is 0.923 bits per heavy atom. The molecule has 0 fully saturated rings. The highest BCUT2D eigenvalue weighted by Crippen LogP contribution is 2.30. The molecule has 0 aliphatic carbocycles. The molecule has 0 aliphatic rings. The molecule has 2 amide bonds. The molecule has 0 saturated heterocycles. The van der Waals surface area contributed by atoms with E-state index in [1.807, 2.05) is 6.92 Å². The summed E-state index contributed by atoms with van der Waals surface area (Å²) in [6.45, 7) is 3.46. The highest BCUT2D eigenvalue weighted by atomic mass is 35.5. The molecule has 39 heavy (non-hydrogen) atoms. The zero-order valence-electron chi connectivity index (χ0n) is 21.6. The lowest BCUT2D eigenvalue weighted by Gasteiger charge is -2.32. The topological polar surface area (TPSA) is 86.8 Å². The van der Waals surface area contributed by atoms with E-state index < -0.39 is 28.5 Å². The van der Waals surface area contributed by atoms with Gasteiger partial charge in [0, 0.05) is 28.2 Å². The van der Waals surface area contributed by atoms with Crippen molar-refractivity contribution in [2.45, 2.75) is 44.2 Å². The van der Waals surface area contributed by atoms with Crippen molar-refractivity contribution in [3.8, 4) is 0 Å². The summed E-state index contributed by atoms with van der Waals surface area (Å²) in [5.74, 6) is -0.962. The first-order valence-corrected chi connectivity index (χ1v) is 15.0. The SMILES string of the molecule is CCCCNC(=O)[C@H](C)N(Cc1ccccc1Cl)C(=O)CN(c1cc(Cl)cc(Cl)c1)S(=O)(=O)c1ccccc1. The number of amides is 2. The van der Waals surface area contributed by atoms with E-state index in [9.17, 15) is 18.0 Å². The number of carbonyl (C=O) groups excluding carboxylic acids is 2. The Kier molecular flexibility index (Phi) is 11.1. The van der Waals surface area contributed by atoms with Gasteiger partial charge >= 0.3 is 0 Å². The van der Waals surface area contributed by atoms with Gasteiger partial charge in [0.1, 0.15) is 12.6 Å². The van der Waals surface area contributed by atoms with Crippen molar-refractivity contribution in [1.29, 1.82) is 0 Å². The van der Waals surface area contributed by atoms with Crippen molar-refractivity contribution in [3.05, 3.63) is 93.4 Å². The molecule has 1 N–H and O–H groups in total. The number of anilines is 1. The molecule has 1 atom stereocenters. The van der Waals surface area contributed by atoms with Crippen LogP contribution in [0, 0.1) is 0 Å². The maximum atomic E-state index is 13.9. The number of hydrogen-bond acceptors (Lipinski definition) is 4. The van der Waals surface area contributed by atoms with E-state index in [4.69, 9.17) is 34.8 Å². The van der Waals surface area contributed by atoms with Crippen LogP contribution in [0.25, 0.3) is 0 Å². The Bertz CT molecular complexity index is 1380. The minimum Gasteiger partial charge on any atom is -0.354 e. The summed E-state index contributed by atoms with van der Waals surface area (Å²) >= 11 is 18.8. The van der Waals surface area contributed by atoms with Crippen molar-refractivity contribution in [3.63, 3.8) is 0 Å². The lowest BCUT2D eigenvalue weighted by molar-refractivity contribution is -0.139. The van der Waals surface area contributed by atoms with E-state index >= 15 is 0 Å². The molecular weight excluding hydrogens is 581 g/mol. The third-order valence-corrected chi connectivity index (χ3v) is 8.63. The van der Waals surface area contributed by atoms with Crippen LogP contribution in [-0.2, 0) is 26.2 Å². The van der Waals surface area contributed by atoms with Gasteiger partial charge in [0.05, 0.1) is 10.6 Å². The summed E-state index contributed by atoms with van der Waals surface area (Å²) in [5, 5.41) is 3.67. The fourth-order valence-electron chi connectivity index (χ4n) is 3.86. The zero-order chi connectivity index (χ0) is 28.6. The highest BCUT2D eigenvalue weighted by molar-refractivity contribution is 7.92. The van der Waals surface area contributed by atoms with Gasteiger partial charge in [0.2, 0.25) is 11.8 Å². The average molecular weight is 611 g/mol. The van der Waals surface area contributed by atoms with Gasteiger partial charge in [-0.3, -0.25) is 13.9 Å². The van der Waals surface area contributed by atoms with Crippen LogP contribution in [-0.4, -0.2) is 44.3 Å². The van der Waals surface area contributed by atoms with Crippen LogP contribution in [0.15, 0.2) is 77.7 Å². The molecule has 3 aromatic carbocycles. The number of unbranched alkanes of at least 4 members (excludes halogenated alkanes) is 1. The number of nitrogens with one attached hydrogen (secondary N) is 1. The molecule has 0 spiro atoms. The van der Waals surface area contributed by atoms with Crippen LogP contribution >= 0.6 is 34.8 Å². The third-order valence-electron chi connectivity index (χ3n) is 6.04. The van der Waals surface area contributed by atoms with Crippen LogP contribution < -0.4 is 9.62 Å². The lowest BCUT2D eigenvalue weighted by atomic mass is 10.1. The first kappa shape index (κ1) is 30.8. The van der Waals surface area contributed by atoms with Crippen LogP contribution in [0.2, 0.25) is 15.1 Å². The van der Waals surface area contributed by atoms with Gasteiger partial charge in [-0.1, -0.05) is 84.5 Å². The minimum atomic E-state index is -4.22. The summed E-state index contributed by atoms with van der Waals surface area (Å²) in [4.78, 5) is 28.2. The quantitative estimate of drug-likeness (QED) is 0.248. The molecule has 0 aliphatic heterocycles. The number of sulfonamides is 1. The maximum Gasteiger partial charge on any atom is 0.264 e. The first-order chi connectivity index (χ1) is 18.5. The van der Waals surface area contributed by atoms with Crippen molar-refractivity contribution < 1.29 is 18.0 Å². The van der Waals surface area contributed by atoms with Crippen LogP contribution in [0.4, 0.5) is 5.69 Å². The highest BCUT2D eigenvalue weighted by Gasteiger charge is 2.33. The summed E-state index contributed by atoms with van der Waals surface area (Å²) in [6.07, 6.45) is 1.68. The molecule has 11 heteroatoms. The second-order valence-electron chi connectivity index (χ2n) is 8.89. The lowest BCUT2D eigenvalue weighted by Crippen LogP contribution is -2.51. The summed E-state index contributed by atoms with van der Waals surface area (Å²) in [6, 6.07) is 18.1. The Morgan fingerprint density at radius 2 is 1.54 bits per heavy atom. The predicted molar refractivity (Wildman–Crippen MR) is 157 cm³/mol. The Hall–Kier alpha value is -2.78. The fourth-order valence-corrected chi connectivity index (χ4v) is 5.99. The first-order valence-electron chi connectivity index (χ1n) is 12.4. The van der Waals surface area contributed by atoms with E-state index in [1.165, 1.54) is 35.2 Å². The van der Waals surface area contributed by atoms with E-state index in [0.717, 1.165) is 17.1 Å². The van der Waals surface area contributed by atoms with Gasteiger partial charge < -0.3 is 10.2 Å². The molecule has 0 unspecified atom stereocenters. The second kappa shape index (κ2) is 14.0. The minimum absolute atomic E-state index is 0.00357. The van der Waals surface area contributed by atoms with E-state index in [1.54, 1.807) is 49.4 Å². The van der Waals surface area contributed by atoms with Crippen molar-refractivity contribution in [1.82, 2.24) is 10.2 Å². The number of hydrogen-bond donors (Lipinski definition) is 1. The Morgan fingerprint density at radius 3 is 2.15 bits per heavy atom. The van der Waals surface area contributed by atoms with Crippen LogP contribution in [0.1, 0.15) is 32.3 Å². The second-order valence-corrected chi connectivity index (χ2v) is 12.0. The summed E-state index contributed by atoms with van der Waals surface area (Å²) in [7, 11) is -4.22. The Labute approximate surface area is 244 Å². The number of nitrogens with zero attached hydrogens (tertiary/aromatic N) is 2. The molecule has 0 radical (unpaired) electrons. The number of carbonyl (C=O) groups is 2. The zero-order valence-corrected chi connectivity index (χ0v) is 24.7. The van der Waals surface area contributed by atoms with E-state index in [-0.39, 0.29) is 33.1 Å². The number of halogens is 3. The van der Waals surface area contributed by atoms with Gasteiger partial charge in [-0.05, 0) is 55.3 Å². The molecule has 3 aromatic rings. The molecule has 0 aromatic heterocycles. The van der Waals surface area contributed by atoms with E-state index in [2.05, 4.69) is 5.32 Å². The average Bonchev–Trinajstić information content (AvgIpc) is 2.90. The monoisotopic (exact) mass is 609 g/mol. The standard InChI is InChI=1S/C28H30Cl3N3O4S/c1-3-4-14-32-28(36)20(2)33(18-21-10-8-9-13-26(21)31)27(35)19-34(24-16-22(29)15-23(30)17-24)39(37,38)25-11-6-5-7-12-25/h5-13,15-17,20H,3-4,14,18-19H2,1-2H3,(H,32,36)/t20-/m0/s1. The Balaban J connectivity index is 2.03. The molecule has 0 saturated carbocycles. The third kappa shape index (κ3) is 8.11. The molecule has 3 rings (SSSR count). The smallest absolute Gasteiger partial charge is 0.264 e. The van der Waals surface area contributed by atoms with Crippen molar-refractivity contribution in [2.24, 2.45) is 0 Å².